The number of rotatable bonds is 3. The van der Waals surface area contributed by atoms with Gasteiger partial charge in [0.1, 0.15) is 0 Å². The third-order valence-corrected chi connectivity index (χ3v) is 4.40. The summed E-state index contributed by atoms with van der Waals surface area (Å²) in [6, 6.07) is 0. The highest BCUT2D eigenvalue weighted by atomic mass is 16.4. The molecule has 2 heterocycles. The number of nitrogens with one attached hydrogen (secondary N) is 1. The van der Waals surface area contributed by atoms with E-state index in [9.17, 15) is 4.79 Å². The highest BCUT2D eigenvalue weighted by molar-refractivity contribution is 5.68. The molecule has 0 aromatic rings. The van der Waals surface area contributed by atoms with Crippen LogP contribution < -0.4 is 5.32 Å². The lowest BCUT2D eigenvalue weighted by Crippen LogP contribution is -2.69. The van der Waals surface area contributed by atoms with Crippen LogP contribution in [0.5, 0.6) is 0 Å². The molecule has 2 rings (SSSR count). The number of hydrogen-bond donors (Lipinski definition) is 2. The molecule has 0 unspecified atom stereocenters. The van der Waals surface area contributed by atoms with E-state index in [1.807, 2.05) is 0 Å². The van der Waals surface area contributed by atoms with Gasteiger partial charge in [-0.15, -0.1) is 0 Å². The molecule has 0 saturated carbocycles. The van der Waals surface area contributed by atoms with Gasteiger partial charge in [-0.05, 0) is 37.8 Å². The number of likely N-dealkylation sites (tertiary alicyclic amines) is 1. The molecule has 0 atom stereocenters. The van der Waals surface area contributed by atoms with E-state index in [0.29, 0.717) is 5.41 Å². The normalized spacial score (nSPS) is 28.1. The number of carboxylic acid groups (broad SMARTS) is 1. The minimum atomic E-state index is -0.671. The first kappa shape index (κ1) is 12.8. The predicted octanol–water partition coefficient (Wildman–Crippen LogP) is 1.32. The van der Waals surface area contributed by atoms with E-state index in [1.165, 1.54) is 19.3 Å². The smallest absolute Gasteiger partial charge is 0.305 e. The maximum Gasteiger partial charge on any atom is 0.305 e. The van der Waals surface area contributed by atoms with Crippen molar-refractivity contribution in [3.05, 3.63) is 0 Å². The van der Waals surface area contributed by atoms with E-state index < -0.39 is 5.97 Å². The van der Waals surface area contributed by atoms with Crippen molar-refractivity contribution in [2.75, 3.05) is 26.2 Å². The van der Waals surface area contributed by atoms with Crippen LogP contribution in [0.3, 0.4) is 0 Å². The summed E-state index contributed by atoms with van der Waals surface area (Å²) in [5.41, 5.74) is 0.308. The Morgan fingerprint density at radius 1 is 1.29 bits per heavy atom. The quantitative estimate of drug-likeness (QED) is 0.781. The van der Waals surface area contributed by atoms with Crippen LogP contribution in [0, 0.1) is 5.41 Å². The van der Waals surface area contributed by atoms with Gasteiger partial charge in [-0.2, -0.15) is 0 Å². The third kappa shape index (κ3) is 2.80. The molecule has 17 heavy (non-hydrogen) atoms. The fraction of sp³-hybridized carbons (Fsp3) is 0.923. The van der Waals surface area contributed by atoms with E-state index in [0.717, 1.165) is 26.2 Å². The molecule has 2 aliphatic heterocycles. The van der Waals surface area contributed by atoms with Crippen LogP contribution >= 0.6 is 0 Å². The molecule has 2 saturated heterocycles. The highest BCUT2D eigenvalue weighted by Crippen LogP contribution is 2.34. The average Bonchev–Trinajstić information content (AvgIpc) is 2.33. The van der Waals surface area contributed by atoms with Gasteiger partial charge in [-0.25, -0.2) is 0 Å². The lowest BCUT2D eigenvalue weighted by Gasteiger charge is -2.50. The highest BCUT2D eigenvalue weighted by Gasteiger charge is 2.44. The van der Waals surface area contributed by atoms with Gasteiger partial charge >= 0.3 is 5.97 Å². The summed E-state index contributed by atoms with van der Waals surface area (Å²) in [5.74, 6) is -0.671. The third-order valence-electron chi connectivity index (χ3n) is 4.40. The van der Waals surface area contributed by atoms with Gasteiger partial charge in [0.25, 0.3) is 0 Å². The summed E-state index contributed by atoms with van der Waals surface area (Å²) in [4.78, 5) is 13.4. The molecule has 98 valence electrons. The summed E-state index contributed by atoms with van der Waals surface area (Å²) in [5, 5.41) is 12.3. The Labute approximate surface area is 103 Å². The Bertz CT molecular complexity index is 298. The Morgan fingerprint density at radius 2 is 2.00 bits per heavy atom. The molecule has 0 amide bonds. The minimum Gasteiger partial charge on any atom is -0.481 e. The van der Waals surface area contributed by atoms with Crippen LogP contribution in [0.1, 0.15) is 39.5 Å². The summed E-state index contributed by atoms with van der Waals surface area (Å²) in [7, 11) is 0. The molecule has 0 aromatic heterocycles. The van der Waals surface area contributed by atoms with Gasteiger partial charge < -0.3 is 10.4 Å². The van der Waals surface area contributed by atoms with Gasteiger partial charge in [-0.3, -0.25) is 9.69 Å². The maximum atomic E-state index is 11.0. The molecule has 2 N–H and O–H groups in total. The maximum absolute atomic E-state index is 11.0. The van der Waals surface area contributed by atoms with E-state index in [2.05, 4.69) is 24.1 Å². The van der Waals surface area contributed by atoms with E-state index in [4.69, 9.17) is 5.11 Å². The molecule has 2 fully saturated rings. The predicted molar refractivity (Wildman–Crippen MR) is 67.1 cm³/mol. The van der Waals surface area contributed by atoms with Crippen LogP contribution in [0.4, 0.5) is 0 Å². The molecule has 0 radical (unpaired) electrons. The first-order chi connectivity index (χ1) is 7.94. The molecule has 0 spiro atoms. The summed E-state index contributed by atoms with van der Waals surface area (Å²) in [6.07, 6.45) is 3.89. The summed E-state index contributed by atoms with van der Waals surface area (Å²) in [6.45, 7) is 8.40. The number of nitrogens with zero attached hydrogens (tertiary/aromatic N) is 1. The first-order valence-corrected chi connectivity index (χ1v) is 6.61. The fourth-order valence-corrected chi connectivity index (χ4v) is 3.05. The Kier molecular flexibility index (Phi) is 3.46. The van der Waals surface area contributed by atoms with Crippen molar-refractivity contribution >= 4 is 5.97 Å². The van der Waals surface area contributed by atoms with Crippen LogP contribution in [0.2, 0.25) is 0 Å². The molecule has 0 bridgehead atoms. The molecule has 0 aromatic carbocycles. The molecule has 2 aliphatic rings. The fourth-order valence-electron chi connectivity index (χ4n) is 3.05. The van der Waals surface area contributed by atoms with Crippen molar-refractivity contribution in [1.29, 1.82) is 0 Å². The van der Waals surface area contributed by atoms with E-state index in [-0.39, 0.29) is 12.0 Å². The largest absolute Gasteiger partial charge is 0.481 e. The molecule has 4 nitrogen and oxygen atoms in total. The second-order valence-corrected chi connectivity index (χ2v) is 6.40. The zero-order chi connectivity index (χ0) is 12.5. The molecule has 4 heteroatoms. The van der Waals surface area contributed by atoms with Gasteiger partial charge in [0.2, 0.25) is 0 Å². The van der Waals surface area contributed by atoms with Crippen molar-refractivity contribution in [3.63, 3.8) is 0 Å². The van der Waals surface area contributed by atoms with Crippen LogP contribution in [0.15, 0.2) is 0 Å². The van der Waals surface area contributed by atoms with Crippen molar-refractivity contribution in [2.24, 2.45) is 5.41 Å². The van der Waals surface area contributed by atoms with Crippen LogP contribution in [-0.2, 0) is 4.79 Å². The lowest BCUT2D eigenvalue weighted by atomic mass is 9.84. The van der Waals surface area contributed by atoms with Crippen molar-refractivity contribution in [1.82, 2.24) is 10.2 Å². The SMILES string of the molecule is CC1(C)CCCN(C2(CC(=O)O)CNC2)CC1. The number of aliphatic carboxylic acids is 1. The minimum absolute atomic E-state index is 0.105. The van der Waals surface area contributed by atoms with Gasteiger partial charge in [0.15, 0.2) is 0 Å². The van der Waals surface area contributed by atoms with Crippen molar-refractivity contribution in [3.8, 4) is 0 Å². The van der Waals surface area contributed by atoms with Gasteiger partial charge in [-0.1, -0.05) is 13.8 Å². The molecular weight excluding hydrogens is 216 g/mol. The van der Waals surface area contributed by atoms with Crippen LogP contribution in [-0.4, -0.2) is 47.7 Å². The lowest BCUT2D eigenvalue weighted by molar-refractivity contribution is -0.141. The van der Waals surface area contributed by atoms with Gasteiger partial charge in [0.05, 0.1) is 12.0 Å². The van der Waals surface area contributed by atoms with Crippen LogP contribution in [0.25, 0.3) is 0 Å². The van der Waals surface area contributed by atoms with Crippen molar-refractivity contribution in [2.45, 2.75) is 45.1 Å². The monoisotopic (exact) mass is 240 g/mol. The first-order valence-electron chi connectivity index (χ1n) is 6.61. The summed E-state index contributed by atoms with van der Waals surface area (Å²) < 4.78 is 0. The molecule has 0 aliphatic carbocycles. The standard InChI is InChI=1S/C13H24N2O2/c1-12(2)4-3-6-15(7-5-12)13(8-11(16)17)9-14-10-13/h14H,3-10H2,1-2H3,(H,16,17). The molecular formula is C13H24N2O2. The zero-order valence-electron chi connectivity index (χ0n) is 11.0. The second-order valence-electron chi connectivity index (χ2n) is 6.40. The average molecular weight is 240 g/mol. The zero-order valence-corrected chi connectivity index (χ0v) is 11.0. The Morgan fingerprint density at radius 3 is 2.53 bits per heavy atom. The number of carbonyl (C=O) groups is 1. The van der Waals surface area contributed by atoms with Crippen molar-refractivity contribution < 1.29 is 9.90 Å². The van der Waals surface area contributed by atoms with E-state index in [1.54, 1.807) is 0 Å². The summed E-state index contributed by atoms with van der Waals surface area (Å²) >= 11 is 0. The van der Waals surface area contributed by atoms with Gasteiger partial charge in [0, 0.05) is 13.1 Å². The second kappa shape index (κ2) is 4.58. The Hall–Kier alpha value is -0.610. The topological polar surface area (TPSA) is 52.6 Å². The Balaban J connectivity index is 2.02. The number of carboxylic acids is 1. The van der Waals surface area contributed by atoms with E-state index >= 15 is 0 Å². The number of hydrogen-bond acceptors (Lipinski definition) is 3.